The molecule has 0 aliphatic rings. The number of hydrogen-bond acceptors (Lipinski definition) is 6. The Balaban J connectivity index is 4.30. The number of unbranched alkanes of at least 4 members (excludes halogenated alkanes) is 37. The van der Waals surface area contributed by atoms with Crippen molar-refractivity contribution in [3.8, 4) is 0 Å². The molecule has 0 saturated heterocycles. The summed E-state index contributed by atoms with van der Waals surface area (Å²) in [5, 5.41) is 0. The first kappa shape index (κ1) is 72.8. The summed E-state index contributed by atoms with van der Waals surface area (Å²) in [5.74, 6) is -0.875. The van der Waals surface area contributed by atoms with Gasteiger partial charge >= 0.3 is 17.9 Å². The zero-order valence-electron chi connectivity index (χ0n) is 50.5. The Labute approximate surface area is 472 Å². The van der Waals surface area contributed by atoms with Gasteiger partial charge in [-0.2, -0.15) is 0 Å². The van der Waals surface area contributed by atoms with Crippen LogP contribution in [0.2, 0.25) is 0 Å². The number of carbonyl (C=O) groups excluding carboxylic acids is 3. The van der Waals surface area contributed by atoms with Gasteiger partial charge in [0.05, 0.1) is 0 Å². The molecule has 0 spiro atoms. The normalized spacial score (nSPS) is 12.5. The van der Waals surface area contributed by atoms with Gasteiger partial charge in [-0.25, -0.2) is 0 Å². The summed E-state index contributed by atoms with van der Waals surface area (Å²) in [7, 11) is 0. The van der Waals surface area contributed by atoms with E-state index in [1.54, 1.807) is 0 Å². The highest BCUT2D eigenvalue weighted by atomic mass is 16.6. The van der Waals surface area contributed by atoms with Crippen molar-refractivity contribution < 1.29 is 28.6 Å². The molecule has 0 N–H and O–H groups in total. The molecular formula is C70H124O6. The van der Waals surface area contributed by atoms with Crippen molar-refractivity contribution in [3.63, 3.8) is 0 Å². The fraction of sp³-hybridized carbons (Fsp3) is 0.786. The second-order valence-electron chi connectivity index (χ2n) is 22.0. The lowest BCUT2D eigenvalue weighted by molar-refractivity contribution is -0.167. The van der Waals surface area contributed by atoms with E-state index < -0.39 is 6.10 Å². The highest BCUT2D eigenvalue weighted by molar-refractivity contribution is 5.71. The van der Waals surface area contributed by atoms with Gasteiger partial charge in [0.2, 0.25) is 0 Å². The Morgan fingerprint density at radius 3 is 0.842 bits per heavy atom. The Morgan fingerprint density at radius 2 is 0.526 bits per heavy atom. The summed E-state index contributed by atoms with van der Waals surface area (Å²) in [6, 6.07) is 0. The smallest absolute Gasteiger partial charge is 0.306 e. The molecule has 440 valence electrons. The zero-order chi connectivity index (χ0) is 55.0. The van der Waals surface area contributed by atoms with Gasteiger partial charge in [-0.1, -0.05) is 306 Å². The molecule has 76 heavy (non-hydrogen) atoms. The van der Waals surface area contributed by atoms with E-state index >= 15 is 0 Å². The van der Waals surface area contributed by atoms with Crippen LogP contribution in [0.4, 0.5) is 0 Å². The van der Waals surface area contributed by atoms with Crippen molar-refractivity contribution in [2.45, 2.75) is 341 Å². The van der Waals surface area contributed by atoms with Crippen LogP contribution < -0.4 is 0 Å². The lowest BCUT2D eigenvalue weighted by Gasteiger charge is -2.18. The fourth-order valence-corrected chi connectivity index (χ4v) is 9.51. The molecular weight excluding hydrogens is 937 g/mol. The van der Waals surface area contributed by atoms with Gasteiger partial charge in [-0.15, -0.1) is 0 Å². The molecule has 0 amide bonds. The number of hydrogen-bond donors (Lipinski definition) is 0. The Bertz CT molecular complexity index is 1400. The monoisotopic (exact) mass is 1060 g/mol. The van der Waals surface area contributed by atoms with Gasteiger partial charge in [0, 0.05) is 19.3 Å². The average Bonchev–Trinajstić information content (AvgIpc) is 3.42. The molecule has 6 nitrogen and oxygen atoms in total. The highest BCUT2D eigenvalue weighted by Gasteiger charge is 2.19. The van der Waals surface area contributed by atoms with Gasteiger partial charge in [-0.3, -0.25) is 14.4 Å². The van der Waals surface area contributed by atoms with Gasteiger partial charge < -0.3 is 14.2 Å². The Morgan fingerprint density at radius 1 is 0.276 bits per heavy atom. The summed E-state index contributed by atoms with van der Waals surface area (Å²) in [5.41, 5.74) is 0. The zero-order valence-corrected chi connectivity index (χ0v) is 50.5. The lowest BCUT2D eigenvalue weighted by atomic mass is 10.0. The van der Waals surface area contributed by atoms with Crippen LogP contribution in [0.1, 0.15) is 335 Å². The molecule has 1 unspecified atom stereocenters. The number of esters is 3. The Kier molecular flexibility index (Phi) is 61.7. The predicted octanol–water partition coefficient (Wildman–Crippen LogP) is 22.5. The molecule has 6 heteroatoms. The third-order valence-electron chi connectivity index (χ3n) is 14.4. The molecule has 0 rings (SSSR count). The molecule has 0 aromatic carbocycles. The van der Waals surface area contributed by atoms with Crippen LogP contribution in [-0.4, -0.2) is 37.2 Å². The summed E-state index contributed by atoms with van der Waals surface area (Å²) < 4.78 is 16.9. The van der Waals surface area contributed by atoms with Gasteiger partial charge in [0.25, 0.3) is 0 Å². The lowest BCUT2D eigenvalue weighted by Crippen LogP contribution is -2.30. The molecule has 0 saturated carbocycles. The van der Waals surface area contributed by atoms with E-state index in [0.717, 1.165) is 103 Å². The number of carbonyl (C=O) groups is 3. The molecule has 1 atom stereocenters. The number of rotatable bonds is 60. The quantitative estimate of drug-likeness (QED) is 0.0261. The largest absolute Gasteiger partial charge is 0.462 e. The second kappa shape index (κ2) is 64.4. The maximum absolute atomic E-state index is 12.9. The van der Waals surface area contributed by atoms with E-state index in [4.69, 9.17) is 14.2 Å². The first-order chi connectivity index (χ1) is 37.5. The minimum Gasteiger partial charge on any atom is -0.462 e. The first-order valence-corrected chi connectivity index (χ1v) is 32.9. The number of allylic oxidation sites excluding steroid dienone is 12. The first-order valence-electron chi connectivity index (χ1n) is 32.9. The van der Waals surface area contributed by atoms with E-state index in [2.05, 4.69) is 93.7 Å². The standard InChI is InChI=1S/C70H124O6/c1-4-7-10-13-16-19-22-25-28-30-32-33-34-35-36-37-39-40-42-45-48-51-54-57-60-63-69(72)75-66-67(65-74-68(71)62-59-56-53-50-47-44-27-24-21-18-15-12-9-6-3)76-70(73)64-61-58-55-52-49-46-43-41-38-31-29-26-23-20-17-14-11-8-5-2/h7,10,15-16,18-19,24-25,27-28,32-33,67H,4-6,8-9,11-14,17,20-23,26,29-31,34-66H2,1-3H3/b10-7-,18-15-,19-16-,27-24-,28-25-,33-32-. The van der Waals surface area contributed by atoms with E-state index in [1.165, 1.54) is 193 Å². The third-order valence-corrected chi connectivity index (χ3v) is 14.4. The van der Waals surface area contributed by atoms with Crippen molar-refractivity contribution >= 4 is 17.9 Å². The number of ether oxygens (including phenoxy) is 3. The van der Waals surface area contributed by atoms with E-state index in [9.17, 15) is 14.4 Å². The summed E-state index contributed by atoms with van der Waals surface area (Å²) >= 11 is 0. The van der Waals surface area contributed by atoms with Crippen molar-refractivity contribution in [2.75, 3.05) is 13.2 Å². The maximum Gasteiger partial charge on any atom is 0.306 e. The average molecular weight is 1060 g/mol. The minimum atomic E-state index is -0.781. The SMILES string of the molecule is CC/C=C\C/C=C\C/C=C\C/C=C\CCCCCCCCCCCCCCC(=O)OCC(COC(=O)CCCCCCC/C=C\C/C=C\CCCC)OC(=O)CCCCCCCCCCCCCCCCCCCCC. The summed E-state index contributed by atoms with van der Waals surface area (Å²) in [6.45, 7) is 6.52. The van der Waals surface area contributed by atoms with Crippen molar-refractivity contribution in [3.05, 3.63) is 72.9 Å². The van der Waals surface area contributed by atoms with E-state index in [0.29, 0.717) is 19.3 Å². The van der Waals surface area contributed by atoms with Gasteiger partial charge in [0.1, 0.15) is 13.2 Å². The fourth-order valence-electron chi connectivity index (χ4n) is 9.51. The molecule has 0 aliphatic carbocycles. The van der Waals surface area contributed by atoms with Crippen LogP contribution in [0.3, 0.4) is 0 Å². The molecule has 0 heterocycles. The summed E-state index contributed by atoms with van der Waals surface area (Å²) in [6.07, 6.45) is 83.4. The molecule has 0 aromatic heterocycles. The second-order valence-corrected chi connectivity index (χ2v) is 22.0. The van der Waals surface area contributed by atoms with Gasteiger partial charge in [-0.05, 0) is 83.5 Å². The van der Waals surface area contributed by atoms with Crippen LogP contribution >= 0.6 is 0 Å². The molecule has 0 aliphatic heterocycles. The maximum atomic E-state index is 12.9. The van der Waals surface area contributed by atoms with Crippen LogP contribution in [0.5, 0.6) is 0 Å². The molecule has 0 aromatic rings. The summed E-state index contributed by atoms with van der Waals surface area (Å²) in [4.78, 5) is 38.3. The third kappa shape index (κ3) is 61.7. The highest BCUT2D eigenvalue weighted by Crippen LogP contribution is 2.17. The van der Waals surface area contributed by atoms with Crippen LogP contribution in [0, 0.1) is 0 Å². The Hall–Kier alpha value is -3.15. The van der Waals surface area contributed by atoms with Crippen molar-refractivity contribution in [1.29, 1.82) is 0 Å². The van der Waals surface area contributed by atoms with Crippen molar-refractivity contribution in [1.82, 2.24) is 0 Å². The molecule has 0 radical (unpaired) electrons. The van der Waals surface area contributed by atoms with Gasteiger partial charge in [0.15, 0.2) is 6.10 Å². The van der Waals surface area contributed by atoms with Crippen LogP contribution in [-0.2, 0) is 28.6 Å². The molecule has 0 fully saturated rings. The van der Waals surface area contributed by atoms with Crippen molar-refractivity contribution in [2.24, 2.45) is 0 Å². The van der Waals surface area contributed by atoms with Crippen LogP contribution in [0.25, 0.3) is 0 Å². The van der Waals surface area contributed by atoms with Crippen LogP contribution in [0.15, 0.2) is 72.9 Å². The minimum absolute atomic E-state index is 0.0775. The van der Waals surface area contributed by atoms with E-state index in [-0.39, 0.29) is 31.1 Å². The topological polar surface area (TPSA) is 78.9 Å². The van der Waals surface area contributed by atoms with E-state index in [1.807, 2.05) is 0 Å². The molecule has 0 bridgehead atoms. The predicted molar refractivity (Wildman–Crippen MR) is 330 cm³/mol.